The monoisotopic (exact) mass is 340 g/mol. The van der Waals surface area contributed by atoms with Crippen LogP contribution in [-0.2, 0) is 0 Å². The highest BCUT2D eigenvalue weighted by molar-refractivity contribution is 6.02. The Hall–Kier alpha value is -3.40. The summed E-state index contributed by atoms with van der Waals surface area (Å²) in [6.45, 7) is 0.910. The zero-order valence-electron chi connectivity index (χ0n) is 14.4. The van der Waals surface area contributed by atoms with Gasteiger partial charge >= 0.3 is 0 Å². The van der Waals surface area contributed by atoms with Gasteiger partial charge in [0.25, 0.3) is 0 Å². The first kappa shape index (κ1) is 16.1. The van der Waals surface area contributed by atoms with E-state index < -0.39 is 0 Å². The summed E-state index contributed by atoms with van der Waals surface area (Å²) in [6, 6.07) is 28.6. The van der Waals surface area contributed by atoms with Crippen molar-refractivity contribution < 1.29 is 0 Å². The third-order valence-electron chi connectivity index (χ3n) is 4.28. The fourth-order valence-electron chi connectivity index (χ4n) is 2.90. The van der Waals surface area contributed by atoms with E-state index in [1.165, 1.54) is 5.56 Å². The van der Waals surface area contributed by atoms with Gasteiger partial charge in [-0.05, 0) is 35.4 Å². The molecule has 0 radical (unpaired) electrons. The van der Waals surface area contributed by atoms with Crippen molar-refractivity contribution in [3.05, 3.63) is 96.1 Å². The summed E-state index contributed by atoms with van der Waals surface area (Å²) in [5.41, 5.74) is 8.48. The summed E-state index contributed by atoms with van der Waals surface area (Å²) in [7, 11) is 0. The lowest BCUT2D eigenvalue weighted by Crippen LogP contribution is -2.11. The highest BCUT2D eigenvalue weighted by Crippen LogP contribution is 2.22. The van der Waals surface area contributed by atoms with Crippen molar-refractivity contribution in [3.63, 3.8) is 0 Å². The minimum absolute atomic E-state index is 0.910. The molecule has 128 valence electrons. The summed E-state index contributed by atoms with van der Waals surface area (Å²) in [6.07, 6.45) is 2.79. The number of para-hydroxylation sites is 1. The van der Waals surface area contributed by atoms with Crippen LogP contribution in [0.15, 0.2) is 95.1 Å². The maximum Gasteiger partial charge on any atom is 0.0700 e. The summed E-state index contributed by atoms with van der Waals surface area (Å²) < 4.78 is 0. The van der Waals surface area contributed by atoms with Gasteiger partial charge in [-0.2, -0.15) is 10.2 Å². The van der Waals surface area contributed by atoms with Crippen LogP contribution in [0.1, 0.15) is 17.5 Å². The maximum atomic E-state index is 4.76. The Kier molecular flexibility index (Phi) is 4.74. The molecular formula is C22H20N4. The van der Waals surface area contributed by atoms with Gasteiger partial charge in [0.1, 0.15) is 0 Å². The second-order valence-electron chi connectivity index (χ2n) is 6.11. The maximum absolute atomic E-state index is 4.76. The standard InChI is InChI=1S/C22H20N4/c1-3-7-19(8-4-1)22-15-16-26(25-22)21-13-11-18(12-14-21)17-23-24-20-9-5-2-6-10-20/h1-14,17,24H,15-16H2/b23-17-. The summed E-state index contributed by atoms with van der Waals surface area (Å²) in [4.78, 5) is 0. The number of hydrazone groups is 2. The summed E-state index contributed by atoms with van der Waals surface area (Å²) >= 11 is 0. The van der Waals surface area contributed by atoms with Gasteiger partial charge in [0.15, 0.2) is 0 Å². The van der Waals surface area contributed by atoms with Gasteiger partial charge in [0.2, 0.25) is 0 Å². The minimum Gasteiger partial charge on any atom is -0.279 e. The number of rotatable bonds is 5. The lowest BCUT2D eigenvalue weighted by molar-refractivity contribution is 0.922. The minimum atomic E-state index is 0.910. The predicted octanol–water partition coefficient (Wildman–Crippen LogP) is 4.75. The molecule has 1 heterocycles. The molecule has 26 heavy (non-hydrogen) atoms. The Labute approximate surface area is 153 Å². The van der Waals surface area contributed by atoms with E-state index in [4.69, 9.17) is 5.10 Å². The molecule has 1 aliphatic rings. The van der Waals surface area contributed by atoms with Crippen LogP contribution in [0.3, 0.4) is 0 Å². The molecule has 3 aromatic rings. The molecule has 0 spiro atoms. The second kappa shape index (κ2) is 7.66. The van der Waals surface area contributed by atoms with E-state index >= 15 is 0 Å². The van der Waals surface area contributed by atoms with Crippen molar-refractivity contribution in [2.45, 2.75) is 6.42 Å². The summed E-state index contributed by atoms with van der Waals surface area (Å²) in [5, 5.41) is 11.1. The molecule has 0 unspecified atom stereocenters. The fourth-order valence-corrected chi connectivity index (χ4v) is 2.90. The van der Waals surface area contributed by atoms with E-state index in [-0.39, 0.29) is 0 Å². The molecule has 3 aromatic carbocycles. The van der Waals surface area contributed by atoms with E-state index in [0.717, 1.165) is 35.6 Å². The van der Waals surface area contributed by atoms with E-state index in [0.29, 0.717) is 0 Å². The SMILES string of the molecule is C(=N/Nc1ccccc1)/c1ccc(N2CCC(c3ccccc3)=N2)cc1. The molecule has 0 atom stereocenters. The average molecular weight is 340 g/mol. The van der Waals surface area contributed by atoms with Crippen LogP contribution < -0.4 is 10.4 Å². The summed E-state index contributed by atoms with van der Waals surface area (Å²) in [5.74, 6) is 0. The van der Waals surface area contributed by atoms with Crippen molar-refractivity contribution >= 4 is 23.3 Å². The van der Waals surface area contributed by atoms with Gasteiger partial charge in [0, 0.05) is 13.0 Å². The largest absolute Gasteiger partial charge is 0.279 e. The number of anilines is 2. The average Bonchev–Trinajstić information content (AvgIpc) is 3.20. The predicted molar refractivity (Wildman–Crippen MR) is 109 cm³/mol. The van der Waals surface area contributed by atoms with Crippen molar-refractivity contribution in [2.24, 2.45) is 10.2 Å². The molecule has 0 amide bonds. The zero-order chi connectivity index (χ0) is 17.6. The van der Waals surface area contributed by atoms with Crippen molar-refractivity contribution in [3.8, 4) is 0 Å². The molecule has 1 aliphatic heterocycles. The third kappa shape index (κ3) is 3.81. The van der Waals surface area contributed by atoms with E-state index in [2.05, 4.69) is 64.1 Å². The van der Waals surface area contributed by atoms with Gasteiger partial charge in [-0.25, -0.2) is 0 Å². The molecule has 0 saturated carbocycles. The molecule has 4 heteroatoms. The fraction of sp³-hybridized carbons (Fsp3) is 0.0909. The van der Waals surface area contributed by atoms with Crippen molar-refractivity contribution in [2.75, 3.05) is 17.0 Å². The Morgan fingerprint density at radius 3 is 2.27 bits per heavy atom. The Bertz CT molecular complexity index is 900. The normalized spacial score (nSPS) is 13.8. The van der Waals surface area contributed by atoms with Crippen molar-refractivity contribution in [1.29, 1.82) is 0 Å². The molecule has 4 rings (SSSR count). The third-order valence-corrected chi connectivity index (χ3v) is 4.28. The van der Waals surface area contributed by atoms with Crippen LogP contribution in [0.2, 0.25) is 0 Å². The van der Waals surface area contributed by atoms with Crippen LogP contribution in [0.5, 0.6) is 0 Å². The highest BCUT2D eigenvalue weighted by Gasteiger charge is 2.16. The first-order chi connectivity index (χ1) is 12.9. The molecular weight excluding hydrogens is 320 g/mol. The lowest BCUT2D eigenvalue weighted by Gasteiger charge is -2.13. The van der Waals surface area contributed by atoms with Gasteiger partial charge in [-0.15, -0.1) is 0 Å². The number of hydrogen-bond acceptors (Lipinski definition) is 4. The van der Waals surface area contributed by atoms with Crippen LogP contribution in [0, 0.1) is 0 Å². The van der Waals surface area contributed by atoms with Crippen LogP contribution in [0.25, 0.3) is 0 Å². The molecule has 1 N–H and O–H groups in total. The smallest absolute Gasteiger partial charge is 0.0700 e. The number of nitrogens with one attached hydrogen (secondary N) is 1. The van der Waals surface area contributed by atoms with E-state index in [1.807, 2.05) is 42.6 Å². The highest BCUT2D eigenvalue weighted by atomic mass is 15.5. The molecule has 4 nitrogen and oxygen atoms in total. The van der Waals surface area contributed by atoms with Crippen LogP contribution in [-0.4, -0.2) is 18.5 Å². The van der Waals surface area contributed by atoms with Crippen molar-refractivity contribution in [1.82, 2.24) is 0 Å². The first-order valence-electron chi connectivity index (χ1n) is 8.73. The Morgan fingerprint density at radius 2 is 1.54 bits per heavy atom. The number of benzene rings is 3. The quantitative estimate of drug-likeness (QED) is 0.538. The Balaban J connectivity index is 1.41. The molecule has 0 aliphatic carbocycles. The lowest BCUT2D eigenvalue weighted by atomic mass is 10.1. The van der Waals surface area contributed by atoms with Gasteiger partial charge < -0.3 is 0 Å². The van der Waals surface area contributed by atoms with Gasteiger partial charge in [-0.3, -0.25) is 10.4 Å². The zero-order valence-corrected chi connectivity index (χ0v) is 14.4. The molecule has 0 fully saturated rings. The molecule has 0 saturated heterocycles. The Morgan fingerprint density at radius 1 is 0.846 bits per heavy atom. The van der Waals surface area contributed by atoms with E-state index in [1.54, 1.807) is 0 Å². The van der Waals surface area contributed by atoms with E-state index in [9.17, 15) is 0 Å². The number of hydrogen-bond donors (Lipinski definition) is 1. The van der Waals surface area contributed by atoms with Gasteiger partial charge in [0.05, 0.1) is 23.3 Å². The first-order valence-corrected chi connectivity index (χ1v) is 8.73. The van der Waals surface area contributed by atoms with Gasteiger partial charge in [-0.1, -0.05) is 60.7 Å². The molecule has 0 bridgehead atoms. The second-order valence-corrected chi connectivity index (χ2v) is 6.11. The number of nitrogens with zero attached hydrogens (tertiary/aromatic N) is 3. The topological polar surface area (TPSA) is 40.0 Å². The van der Waals surface area contributed by atoms with Crippen LogP contribution >= 0.6 is 0 Å². The van der Waals surface area contributed by atoms with Crippen LogP contribution in [0.4, 0.5) is 11.4 Å². The molecule has 0 aromatic heterocycles.